The van der Waals surface area contributed by atoms with Gasteiger partial charge in [0.15, 0.2) is 0 Å². The first kappa shape index (κ1) is 25.4. The van der Waals surface area contributed by atoms with E-state index in [0.717, 1.165) is 53.5 Å². The molecule has 1 aliphatic carbocycles. The van der Waals surface area contributed by atoms with Crippen molar-refractivity contribution in [2.24, 2.45) is 5.92 Å². The van der Waals surface area contributed by atoms with Crippen molar-refractivity contribution in [3.05, 3.63) is 96.6 Å². The van der Waals surface area contributed by atoms with Gasteiger partial charge >= 0.3 is 0 Å². The molecule has 5 rings (SSSR count). The molecule has 0 amide bonds. The lowest BCUT2D eigenvalue weighted by Gasteiger charge is -2.19. The van der Waals surface area contributed by atoms with Gasteiger partial charge in [-0.3, -0.25) is 4.90 Å². The van der Waals surface area contributed by atoms with Crippen LogP contribution < -0.4 is 10.1 Å². The minimum absolute atomic E-state index is 0.283. The van der Waals surface area contributed by atoms with Crippen LogP contribution in [0.1, 0.15) is 24.6 Å². The Balaban J connectivity index is 1.43. The number of nitrogens with zero attached hydrogens (tertiary/aromatic N) is 6. The summed E-state index contributed by atoms with van der Waals surface area (Å²) in [6.07, 6.45) is 18.6. The third-order valence-electron chi connectivity index (χ3n) is 6.20. The van der Waals surface area contributed by atoms with Crippen molar-refractivity contribution >= 4 is 17.2 Å². The molecule has 3 heterocycles. The van der Waals surface area contributed by atoms with Gasteiger partial charge in [-0.25, -0.2) is 19.6 Å². The van der Waals surface area contributed by atoms with E-state index < -0.39 is 0 Å². The molecule has 1 aromatic carbocycles. The Morgan fingerprint density at radius 2 is 2.16 bits per heavy atom. The van der Waals surface area contributed by atoms with E-state index in [0.29, 0.717) is 25.7 Å². The number of likely N-dealkylation sites (N-methyl/N-ethyl adjacent to an activating group) is 1. The quantitative estimate of drug-likeness (QED) is 0.501. The summed E-state index contributed by atoms with van der Waals surface area (Å²) in [5.74, 6) is 2.51. The molecule has 0 radical (unpaired) electrons. The van der Waals surface area contributed by atoms with Gasteiger partial charge in [0, 0.05) is 42.0 Å². The highest BCUT2D eigenvalue weighted by Crippen LogP contribution is 2.27. The first-order chi connectivity index (χ1) is 18.6. The van der Waals surface area contributed by atoms with Gasteiger partial charge in [-0.2, -0.15) is 5.10 Å². The van der Waals surface area contributed by atoms with E-state index in [2.05, 4.69) is 75.7 Å². The second kappa shape index (κ2) is 12.3. The van der Waals surface area contributed by atoms with Crippen LogP contribution in [-0.4, -0.2) is 56.4 Å². The summed E-state index contributed by atoms with van der Waals surface area (Å²) in [5.41, 5.74) is 3.79. The largest absolute Gasteiger partial charge is 0.493 e. The number of anilines is 2. The smallest absolute Gasteiger partial charge is 0.227 e. The van der Waals surface area contributed by atoms with Crippen LogP contribution in [0.4, 0.5) is 11.6 Å². The van der Waals surface area contributed by atoms with E-state index >= 15 is 0 Å². The molecule has 0 spiro atoms. The second-order valence-corrected chi connectivity index (χ2v) is 9.48. The van der Waals surface area contributed by atoms with E-state index in [4.69, 9.17) is 14.5 Å². The summed E-state index contributed by atoms with van der Waals surface area (Å²) in [4.78, 5) is 15.5. The molecule has 196 valence electrons. The van der Waals surface area contributed by atoms with Crippen molar-refractivity contribution in [3.8, 4) is 5.75 Å². The lowest BCUT2D eigenvalue weighted by Crippen LogP contribution is -2.19. The minimum Gasteiger partial charge on any atom is -0.493 e. The molecular formula is C29H33N7O2. The molecule has 0 saturated heterocycles. The molecule has 0 saturated carbocycles. The predicted molar refractivity (Wildman–Crippen MR) is 148 cm³/mol. The van der Waals surface area contributed by atoms with E-state index in [1.165, 1.54) is 6.33 Å². The number of aromatic nitrogens is 5. The van der Waals surface area contributed by atoms with Gasteiger partial charge in [0.1, 0.15) is 30.8 Å². The Hall–Kier alpha value is -4.24. The first-order valence-electron chi connectivity index (χ1n) is 12.9. The molecule has 1 N–H and O–H groups in total. The van der Waals surface area contributed by atoms with Gasteiger partial charge in [0.05, 0.1) is 18.8 Å². The van der Waals surface area contributed by atoms with Crippen LogP contribution in [0.3, 0.4) is 0 Å². The number of nitrogens with one attached hydrogen (secondary N) is 1. The van der Waals surface area contributed by atoms with E-state index in [1.54, 1.807) is 17.2 Å². The summed E-state index contributed by atoms with van der Waals surface area (Å²) >= 11 is 0. The summed E-state index contributed by atoms with van der Waals surface area (Å²) in [6.45, 7) is 5.42. The van der Waals surface area contributed by atoms with Crippen LogP contribution in [0, 0.1) is 5.92 Å². The fourth-order valence-electron chi connectivity index (χ4n) is 4.24. The predicted octanol–water partition coefficient (Wildman–Crippen LogP) is 4.77. The maximum Gasteiger partial charge on any atom is 0.227 e. The molecule has 38 heavy (non-hydrogen) atoms. The zero-order valence-corrected chi connectivity index (χ0v) is 21.8. The average molecular weight is 512 g/mol. The van der Waals surface area contributed by atoms with Gasteiger partial charge < -0.3 is 14.8 Å². The van der Waals surface area contributed by atoms with Crippen LogP contribution in [0.2, 0.25) is 0 Å². The van der Waals surface area contributed by atoms with Crippen LogP contribution in [0.15, 0.2) is 85.3 Å². The fourth-order valence-corrected chi connectivity index (χ4v) is 4.24. The van der Waals surface area contributed by atoms with Crippen molar-refractivity contribution in [1.82, 2.24) is 29.6 Å². The summed E-state index contributed by atoms with van der Waals surface area (Å²) < 4.78 is 14.1. The van der Waals surface area contributed by atoms with Gasteiger partial charge in [0.25, 0.3) is 0 Å². The number of rotatable bonds is 4. The number of benzene rings is 1. The molecule has 9 nitrogen and oxygen atoms in total. The molecular weight excluding hydrogens is 478 g/mol. The van der Waals surface area contributed by atoms with Gasteiger partial charge in [-0.05, 0) is 49.9 Å². The van der Waals surface area contributed by atoms with Gasteiger partial charge in [0.2, 0.25) is 5.95 Å². The summed E-state index contributed by atoms with van der Waals surface area (Å²) in [7, 11) is 2.10. The van der Waals surface area contributed by atoms with Crippen LogP contribution in [-0.2, 0) is 17.8 Å². The molecule has 0 fully saturated rings. The van der Waals surface area contributed by atoms with Crippen LogP contribution in [0.5, 0.6) is 5.75 Å². The molecule has 9 heteroatoms. The Morgan fingerprint density at radius 3 is 3.05 bits per heavy atom. The van der Waals surface area contributed by atoms with E-state index in [1.807, 2.05) is 24.3 Å². The second-order valence-electron chi connectivity index (χ2n) is 9.48. The lowest BCUT2D eigenvalue weighted by molar-refractivity contribution is 0.199. The molecule has 1 aliphatic heterocycles. The zero-order chi connectivity index (χ0) is 26.2. The molecule has 1 atom stereocenters. The Bertz CT molecular complexity index is 1340. The number of allylic oxidation sites excluding steroid dienone is 5. The summed E-state index contributed by atoms with van der Waals surface area (Å²) in [6, 6.07) is 8.01. The van der Waals surface area contributed by atoms with Crippen molar-refractivity contribution in [2.75, 3.05) is 32.1 Å². The lowest BCUT2D eigenvalue weighted by atomic mass is 10.1. The first-order valence-corrected chi connectivity index (χ1v) is 12.9. The Morgan fingerprint density at radius 1 is 1.21 bits per heavy atom. The van der Waals surface area contributed by atoms with Crippen molar-refractivity contribution in [2.45, 2.75) is 26.4 Å². The summed E-state index contributed by atoms with van der Waals surface area (Å²) in [5, 5.41) is 7.52. The highest BCUT2D eigenvalue weighted by molar-refractivity contribution is 5.74. The van der Waals surface area contributed by atoms with Crippen LogP contribution >= 0.6 is 0 Å². The van der Waals surface area contributed by atoms with Gasteiger partial charge in [-0.1, -0.05) is 31.2 Å². The third-order valence-corrected chi connectivity index (χ3v) is 6.20. The van der Waals surface area contributed by atoms with E-state index in [9.17, 15) is 0 Å². The SMILES string of the molecule is CC1/C=C/CN(C)Cc2cc(ccc2OCCn2cncn2)Nc2nccc(n2)C2=CC(=CCC=C2)OC1. The maximum absolute atomic E-state index is 6.16. The minimum atomic E-state index is 0.283. The molecule has 2 aromatic heterocycles. The average Bonchev–Trinajstić information content (AvgIpc) is 3.31. The van der Waals surface area contributed by atoms with Crippen molar-refractivity contribution in [3.63, 3.8) is 0 Å². The normalized spacial score (nSPS) is 19.1. The Labute approximate surface area is 223 Å². The molecule has 6 bridgehead atoms. The van der Waals surface area contributed by atoms with Crippen molar-refractivity contribution < 1.29 is 9.47 Å². The molecule has 1 unspecified atom stereocenters. The maximum atomic E-state index is 6.16. The van der Waals surface area contributed by atoms with E-state index in [-0.39, 0.29) is 5.92 Å². The highest BCUT2D eigenvalue weighted by atomic mass is 16.5. The zero-order valence-electron chi connectivity index (χ0n) is 21.8. The standard InChI is InChI=1S/C29H33N7O2/c1-22-6-5-13-35(2)18-24-16-25(9-10-28(24)37-15-14-36-21-30-20-32-36)33-29-31-12-11-27(34-29)23-7-3-4-8-26(17-23)38-19-22/h3,5-12,16-17,20-22H,4,13-15,18-19H2,1-2H3,(H,31,33,34)/b6-5+. The fraction of sp³-hybridized carbons (Fsp3) is 0.310. The monoisotopic (exact) mass is 511 g/mol. The highest BCUT2D eigenvalue weighted by Gasteiger charge is 2.12. The molecule has 3 aromatic rings. The number of hydrogen-bond donors (Lipinski definition) is 1. The Kier molecular flexibility index (Phi) is 8.25. The number of hydrogen-bond acceptors (Lipinski definition) is 8. The topological polar surface area (TPSA) is 90.2 Å². The third kappa shape index (κ3) is 6.95. The van der Waals surface area contributed by atoms with Crippen LogP contribution in [0.25, 0.3) is 5.57 Å². The van der Waals surface area contributed by atoms with Crippen molar-refractivity contribution in [1.29, 1.82) is 0 Å². The number of ether oxygens (including phenoxy) is 2. The molecule has 2 aliphatic rings. The van der Waals surface area contributed by atoms with Gasteiger partial charge in [-0.15, -0.1) is 0 Å². The number of fused-ring (bicyclic) bond motifs is 6.